The lowest BCUT2D eigenvalue weighted by Gasteiger charge is -2.17. The highest BCUT2D eigenvalue weighted by atomic mass is 16.5. The summed E-state index contributed by atoms with van der Waals surface area (Å²) in [6.45, 7) is 1.98. The molecule has 3 nitrogen and oxygen atoms in total. The molecule has 0 fully saturated rings. The molecule has 102 valence electrons. The Morgan fingerprint density at radius 3 is 2.60 bits per heavy atom. The molecule has 0 unspecified atom stereocenters. The number of rotatable bonds is 3. The van der Waals surface area contributed by atoms with Crippen LogP contribution in [0.5, 0.6) is 5.75 Å². The molecule has 0 saturated carbocycles. The van der Waals surface area contributed by atoms with Crippen molar-refractivity contribution in [1.82, 2.24) is 5.32 Å². The fourth-order valence-electron chi connectivity index (χ4n) is 2.46. The maximum Gasteiger partial charge on any atom is 0.261 e. The van der Waals surface area contributed by atoms with Gasteiger partial charge in [-0.3, -0.25) is 4.79 Å². The van der Waals surface area contributed by atoms with Gasteiger partial charge in [0.25, 0.3) is 5.91 Å². The van der Waals surface area contributed by atoms with Crippen molar-refractivity contribution in [3.8, 4) is 5.75 Å². The summed E-state index contributed by atoms with van der Waals surface area (Å²) in [4.78, 5) is 12.3. The van der Waals surface area contributed by atoms with Gasteiger partial charge in [0.1, 0.15) is 5.75 Å². The van der Waals surface area contributed by atoms with E-state index in [-0.39, 0.29) is 11.9 Å². The molecular weight excluding hydrogens is 250 g/mol. The summed E-state index contributed by atoms with van der Waals surface area (Å²) in [7, 11) is 0. The number of carbonyl (C=O) groups excluding carboxylic acids is 1. The van der Waals surface area contributed by atoms with E-state index in [1.807, 2.05) is 61.5 Å². The van der Waals surface area contributed by atoms with Crippen LogP contribution < -0.4 is 10.1 Å². The van der Waals surface area contributed by atoms with Gasteiger partial charge in [0.15, 0.2) is 6.10 Å². The Hall–Kier alpha value is -2.29. The Bertz CT molecular complexity index is 584. The van der Waals surface area contributed by atoms with Crippen LogP contribution in [0.4, 0.5) is 0 Å². The molecule has 0 bridgehead atoms. The van der Waals surface area contributed by atoms with Crippen molar-refractivity contribution in [1.29, 1.82) is 0 Å². The molecule has 1 aliphatic heterocycles. The smallest absolute Gasteiger partial charge is 0.261 e. The predicted octanol–water partition coefficient (Wildman–Crippen LogP) is 2.87. The predicted molar refractivity (Wildman–Crippen MR) is 77.6 cm³/mol. The second kappa shape index (κ2) is 5.37. The van der Waals surface area contributed by atoms with Gasteiger partial charge in [-0.15, -0.1) is 0 Å². The summed E-state index contributed by atoms with van der Waals surface area (Å²) in [6.07, 6.45) is 0.224. The lowest BCUT2D eigenvalue weighted by molar-refractivity contribution is -0.127. The number of fused-ring (bicyclic) bond motifs is 1. The van der Waals surface area contributed by atoms with E-state index >= 15 is 0 Å². The normalized spacial score (nSPS) is 17.9. The summed E-state index contributed by atoms with van der Waals surface area (Å²) >= 11 is 0. The molecule has 0 radical (unpaired) electrons. The van der Waals surface area contributed by atoms with E-state index in [0.717, 1.165) is 16.9 Å². The molecule has 1 heterocycles. The first-order chi connectivity index (χ1) is 9.74. The van der Waals surface area contributed by atoms with Gasteiger partial charge >= 0.3 is 0 Å². The maximum atomic E-state index is 12.3. The highest BCUT2D eigenvalue weighted by molar-refractivity contribution is 5.82. The monoisotopic (exact) mass is 267 g/mol. The molecule has 3 heteroatoms. The molecule has 0 saturated heterocycles. The van der Waals surface area contributed by atoms with Gasteiger partial charge in [-0.2, -0.15) is 0 Å². The van der Waals surface area contributed by atoms with E-state index in [1.165, 1.54) is 0 Å². The summed E-state index contributed by atoms with van der Waals surface area (Å²) in [5, 5.41) is 3.01. The third-order valence-corrected chi connectivity index (χ3v) is 3.60. The second-order valence-electron chi connectivity index (χ2n) is 5.06. The molecule has 0 aliphatic carbocycles. The first-order valence-corrected chi connectivity index (χ1v) is 6.84. The minimum atomic E-state index is -0.418. The minimum Gasteiger partial charge on any atom is -0.480 e. The minimum absolute atomic E-state index is 0.0176. The van der Waals surface area contributed by atoms with Gasteiger partial charge in [0, 0.05) is 6.42 Å². The third-order valence-electron chi connectivity index (χ3n) is 3.60. The Labute approximate surface area is 118 Å². The average Bonchev–Trinajstić information content (AvgIpc) is 2.92. The summed E-state index contributed by atoms with van der Waals surface area (Å²) in [6, 6.07) is 17.7. The molecule has 2 atom stereocenters. The summed E-state index contributed by atoms with van der Waals surface area (Å²) in [5.74, 6) is 0.762. The zero-order valence-electron chi connectivity index (χ0n) is 11.4. The largest absolute Gasteiger partial charge is 0.480 e. The van der Waals surface area contributed by atoms with Crippen LogP contribution in [0.1, 0.15) is 24.1 Å². The third kappa shape index (κ3) is 2.52. The fourth-order valence-corrected chi connectivity index (χ4v) is 2.46. The molecule has 1 amide bonds. The molecule has 0 spiro atoms. The molecule has 0 aromatic heterocycles. The van der Waals surface area contributed by atoms with Gasteiger partial charge in [-0.25, -0.2) is 0 Å². The standard InChI is InChI=1S/C17H17NO2/c1-12(13-7-3-2-4-8-13)18-17(19)16-11-14-9-5-6-10-15(14)20-16/h2-10,12,16H,11H2,1H3,(H,18,19)/t12-,16-/m1/s1. The molecule has 2 aromatic carbocycles. The number of para-hydroxylation sites is 1. The summed E-state index contributed by atoms with van der Waals surface area (Å²) in [5.41, 5.74) is 2.19. The van der Waals surface area contributed by atoms with E-state index in [0.29, 0.717) is 6.42 Å². The van der Waals surface area contributed by atoms with Crippen molar-refractivity contribution in [2.24, 2.45) is 0 Å². The molecule has 1 N–H and O–H groups in total. The molecule has 20 heavy (non-hydrogen) atoms. The molecular formula is C17H17NO2. The van der Waals surface area contributed by atoms with Crippen LogP contribution in [-0.2, 0) is 11.2 Å². The van der Waals surface area contributed by atoms with Crippen molar-refractivity contribution in [2.75, 3.05) is 0 Å². The Morgan fingerprint density at radius 1 is 1.15 bits per heavy atom. The average molecular weight is 267 g/mol. The number of nitrogens with one attached hydrogen (secondary N) is 1. The van der Waals surface area contributed by atoms with Crippen LogP contribution in [-0.4, -0.2) is 12.0 Å². The highest BCUT2D eigenvalue weighted by Gasteiger charge is 2.29. The fraction of sp³-hybridized carbons (Fsp3) is 0.235. The Kier molecular flexibility index (Phi) is 3.42. The van der Waals surface area contributed by atoms with E-state index in [9.17, 15) is 4.79 Å². The number of carbonyl (C=O) groups is 1. The zero-order chi connectivity index (χ0) is 13.9. The van der Waals surface area contributed by atoms with E-state index < -0.39 is 6.10 Å². The summed E-state index contributed by atoms with van der Waals surface area (Å²) < 4.78 is 5.69. The van der Waals surface area contributed by atoms with Crippen LogP contribution >= 0.6 is 0 Å². The van der Waals surface area contributed by atoms with Crippen LogP contribution in [0.3, 0.4) is 0 Å². The first-order valence-electron chi connectivity index (χ1n) is 6.84. The van der Waals surface area contributed by atoms with Crippen molar-refractivity contribution in [3.63, 3.8) is 0 Å². The van der Waals surface area contributed by atoms with Gasteiger partial charge < -0.3 is 10.1 Å². The van der Waals surface area contributed by atoms with Crippen LogP contribution in [0, 0.1) is 0 Å². The van der Waals surface area contributed by atoms with E-state index in [4.69, 9.17) is 4.74 Å². The Morgan fingerprint density at radius 2 is 1.85 bits per heavy atom. The van der Waals surface area contributed by atoms with Crippen molar-refractivity contribution in [3.05, 3.63) is 65.7 Å². The first kappa shape index (κ1) is 12.7. The molecule has 3 rings (SSSR count). The van der Waals surface area contributed by atoms with E-state index in [2.05, 4.69) is 5.32 Å². The second-order valence-corrected chi connectivity index (χ2v) is 5.06. The van der Waals surface area contributed by atoms with Gasteiger partial charge in [0.05, 0.1) is 6.04 Å². The molecule has 1 aliphatic rings. The number of hydrogen-bond donors (Lipinski definition) is 1. The number of hydrogen-bond acceptors (Lipinski definition) is 2. The Balaban J connectivity index is 1.64. The lowest BCUT2D eigenvalue weighted by atomic mass is 10.1. The SMILES string of the molecule is C[C@@H](NC(=O)[C@H]1Cc2ccccc2O1)c1ccccc1. The number of benzene rings is 2. The van der Waals surface area contributed by atoms with Crippen LogP contribution in [0.15, 0.2) is 54.6 Å². The van der Waals surface area contributed by atoms with Gasteiger partial charge in [-0.1, -0.05) is 48.5 Å². The van der Waals surface area contributed by atoms with Crippen LogP contribution in [0.25, 0.3) is 0 Å². The van der Waals surface area contributed by atoms with Gasteiger partial charge in [0.2, 0.25) is 0 Å². The lowest BCUT2D eigenvalue weighted by Crippen LogP contribution is -2.38. The van der Waals surface area contributed by atoms with Crippen molar-refractivity contribution in [2.45, 2.75) is 25.5 Å². The van der Waals surface area contributed by atoms with Crippen molar-refractivity contribution >= 4 is 5.91 Å². The molecule has 2 aromatic rings. The number of ether oxygens (including phenoxy) is 1. The zero-order valence-corrected chi connectivity index (χ0v) is 11.4. The topological polar surface area (TPSA) is 38.3 Å². The van der Waals surface area contributed by atoms with Crippen molar-refractivity contribution < 1.29 is 9.53 Å². The number of amides is 1. The highest BCUT2D eigenvalue weighted by Crippen LogP contribution is 2.28. The maximum absolute atomic E-state index is 12.3. The van der Waals surface area contributed by atoms with Gasteiger partial charge in [-0.05, 0) is 24.1 Å². The van der Waals surface area contributed by atoms with E-state index in [1.54, 1.807) is 0 Å². The quantitative estimate of drug-likeness (QED) is 0.928. The van der Waals surface area contributed by atoms with Crippen LogP contribution in [0.2, 0.25) is 0 Å².